The number of alkyl halides is 1. The van der Waals surface area contributed by atoms with Crippen LogP contribution in [0.3, 0.4) is 0 Å². The Morgan fingerprint density at radius 1 is 1.53 bits per heavy atom. The van der Waals surface area contributed by atoms with E-state index in [4.69, 9.17) is 16.3 Å². The summed E-state index contributed by atoms with van der Waals surface area (Å²) in [6.45, 7) is 3.21. The lowest BCUT2D eigenvalue weighted by Gasteiger charge is -2.17. The number of likely N-dealkylation sites (tertiary alicyclic amines) is 1. The first-order valence-corrected chi connectivity index (χ1v) is 7.16. The van der Waals surface area contributed by atoms with Gasteiger partial charge in [-0.2, -0.15) is 0 Å². The monoisotopic (exact) mass is 317 g/mol. The molecule has 0 spiro atoms. The summed E-state index contributed by atoms with van der Waals surface area (Å²) in [5.74, 6) is 2.34. The van der Waals surface area contributed by atoms with Crippen molar-refractivity contribution in [1.82, 2.24) is 4.90 Å². The molecule has 0 aliphatic carbocycles. The topological polar surface area (TPSA) is 12.5 Å². The molecule has 0 bridgehead atoms. The maximum atomic E-state index is 5.90. The second-order valence-electron chi connectivity index (χ2n) is 4.50. The summed E-state index contributed by atoms with van der Waals surface area (Å²) in [6, 6.07) is 6.11. The van der Waals surface area contributed by atoms with Gasteiger partial charge in [-0.1, -0.05) is 15.9 Å². The van der Waals surface area contributed by atoms with E-state index in [0.29, 0.717) is 5.92 Å². The lowest BCUT2D eigenvalue weighted by atomic mass is 10.1. The SMILES string of the molecule is COc1ccc(Br)c(CN2CCC(CCl)C2)c1. The Morgan fingerprint density at radius 2 is 2.35 bits per heavy atom. The largest absolute Gasteiger partial charge is 0.497 e. The van der Waals surface area contributed by atoms with E-state index >= 15 is 0 Å². The van der Waals surface area contributed by atoms with Gasteiger partial charge in [0, 0.05) is 23.4 Å². The molecule has 1 aliphatic heterocycles. The zero-order valence-corrected chi connectivity index (χ0v) is 12.3. The van der Waals surface area contributed by atoms with Gasteiger partial charge in [-0.3, -0.25) is 4.90 Å². The molecule has 0 N–H and O–H groups in total. The Labute approximate surface area is 116 Å². The molecular formula is C13H17BrClNO. The van der Waals surface area contributed by atoms with Gasteiger partial charge in [0.2, 0.25) is 0 Å². The summed E-state index contributed by atoms with van der Waals surface area (Å²) in [6.07, 6.45) is 1.21. The smallest absolute Gasteiger partial charge is 0.119 e. The Bertz CT molecular complexity index is 386. The van der Waals surface area contributed by atoms with Gasteiger partial charge < -0.3 is 4.74 Å². The predicted molar refractivity (Wildman–Crippen MR) is 74.8 cm³/mol. The molecule has 17 heavy (non-hydrogen) atoms. The van der Waals surface area contributed by atoms with Gasteiger partial charge in [-0.15, -0.1) is 11.6 Å². The van der Waals surface area contributed by atoms with Gasteiger partial charge in [0.1, 0.15) is 5.75 Å². The van der Waals surface area contributed by atoms with Crippen LogP contribution in [0, 0.1) is 5.92 Å². The van der Waals surface area contributed by atoms with E-state index in [9.17, 15) is 0 Å². The van der Waals surface area contributed by atoms with Crippen LogP contribution in [0.15, 0.2) is 22.7 Å². The second kappa shape index (κ2) is 6.07. The molecule has 2 rings (SSSR count). The highest BCUT2D eigenvalue weighted by Crippen LogP contribution is 2.26. The molecule has 2 nitrogen and oxygen atoms in total. The van der Waals surface area contributed by atoms with E-state index in [1.807, 2.05) is 12.1 Å². The van der Waals surface area contributed by atoms with Gasteiger partial charge in [0.05, 0.1) is 7.11 Å². The Morgan fingerprint density at radius 3 is 3.00 bits per heavy atom. The van der Waals surface area contributed by atoms with Crippen LogP contribution in [0.5, 0.6) is 5.75 Å². The summed E-state index contributed by atoms with van der Waals surface area (Å²) in [5.41, 5.74) is 1.28. The van der Waals surface area contributed by atoms with E-state index < -0.39 is 0 Å². The molecule has 1 aromatic rings. The average molecular weight is 319 g/mol. The molecule has 4 heteroatoms. The first-order chi connectivity index (χ1) is 8.22. The van der Waals surface area contributed by atoms with Gasteiger partial charge in [0.25, 0.3) is 0 Å². The Kier molecular flexibility index (Phi) is 4.71. The van der Waals surface area contributed by atoms with Crippen molar-refractivity contribution in [3.05, 3.63) is 28.2 Å². The molecule has 0 aromatic heterocycles. The van der Waals surface area contributed by atoms with Crippen molar-refractivity contribution in [2.75, 3.05) is 26.1 Å². The van der Waals surface area contributed by atoms with Crippen molar-refractivity contribution in [2.24, 2.45) is 5.92 Å². The molecule has 0 amide bonds. The van der Waals surface area contributed by atoms with Crippen molar-refractivity contribution >= 4 is 27.5 Å². The number of benzene rings is 1. The number of nitrogens with zero attached hydrogens (tertiary/aromatic N) is 1. The number of rotatable bonds is 4. The zero-order chi connectivity index (χ0) is 12.3. The van der Waals surface area contributed by atoms with Crippen molar-refractivity contribution < 1.29 is 4.74 Å². The van der Waals surface area contributed by atoms with Crippen molar-refractivity contribution in [3.8, 4) is 5.75 Å². The molecule has 1 atom stereocenters. The minimum Gasteiger partial charge on any atom is -0.497 e. The molecule has 0 saturated carbocycles. The van der Waals surface area contributed by atoms with Crippen molar-refractivity contribution in [3.63, 3.8) is 0 Å². The molecule has 1 fully saturated rings. The summed E-state index contributed by atoms with van der Waals surface area (Å²) in [7, 11) is 1.70. The molecule has 1 saturated heterocycles. The van der Waals surface area contributed by atoms with Crippen LogP contribution in [0.25, 0.3) is 0 Å². The van der Waals surface area contributed by atoms with E-state index in [1.165, 1.54) is 12.0 Å². The van der Waals surface area contributed by atoms with E-state index in [1.54, 1.807) is 7.11 Å². The number of hydrogen-bond donors (Lipinski definition) is 0. The third kappa shape index (κ3) is 3.36. The molecule has 1 heterocycles. The highest BCUT2D eigenvalue weighted by atomic mass is 79.9. The van der Waals surface area contributed by atoms with Gasteiger partial charge >= 0.3 is 0 Å². The van der Waals surface area contributed by atoms with Crippen molar-refractivity contribution in [2.45, 2.75) is 13.0 Å². The van der Waals surface area contributed by atoms with Gasteiger partial charge in [-0.05, 0) is 42.6 Å². The first-order valence-electron chi connectivity index (χ1n) is 5.83. The minimum atomic E-state index is 0.654. The lowest BCUT2D eigenvalue weighted by Crippen LogP contribution is -2.20. The predicted octanol–water partition coefficient (Wildman–Crippen LogP) is 3.52. The van der Waals surface area contributed by atoms with Crippen LogP contribution in [0.4, 0.5) is 0 Å². The van der Waals surface area contributed by atoms with Gasteiger partial charge in [0.15, 0.2) is 0 Å². The average Bonchev–Trinajstić information content (AvgIpc) is 2.80. The minimum absolute atomic E-state index is 0.654. The molecule has 1 aliphatic rings. The third-order valence-electron chi connectivity index (χ3n) is 3.24. The standard InChI is InChI=1S/C13H17BrClNO/c1-17-12-2-3-13(14)11(6-12)9-16-5-4-10(7-15)8-16/h2-3,6,10H,4-5,7-9H2,1H3. The highest BCUT2D eigenvalue weighted by Gasteiger charge is 2.22. The van der Waals surface area contributed by atoms with Gasteiger partial charge in [-0.25, -0.2) is 0 Å². The highest BCUT2D eigenvalue weighted by molar-refractivity contribution is 9.10. The summed E-state index contributed by atoms with van der Waals surface area (Å²) in [4.78, 5) is 2.45. The van der Waals surface area contributed by atoms with Crippen LogP contribution < -0.4 is 4.74 Å². The molecule has 0 radical (unpaired) electrons. The van der Waals surface area contributed by atoms with Crippen LogP contribution in [-0.4, -0.2) is 31.0 Å². The fourth-order valence-electron chi connectivity index (χ4n) is 2.22. The summed E-state index contributed by atoms with van der Waals surface area (Å²) >= 11 is 9.49. The second-order valence-corrected chi connectivity index (χ2v) is 5.66. The van der Waals surface area contributed by atoms with Crippen LogP contribution in [0.2, 0.25) is 0 Å². The van der Waals surface area contributed by atoms with E-state index in [-0.39, 0.29) is 0 Å². The first kappa shape index (κ1) is 13.2. The molecular weight excluding hydrogens is 302 g/mol. The van der Waals surface area contributed by atoms with Crippen LogP contribution >= 0.6 is 27.5 Å². The van der Waals surface area contributed by atoms with E-state index in [2.05, 4.69) is 26.9 Å². The maximum Gasteiger partial charge on any atom is 0.119 e. The maximum absolute atomic E-state index is 5.90. The number of ether oxygens (including phenoxy) is 1. The summed E-state index contributed by atoms with van der Waals surface area (Å²) in [5, 5.41) is 0. The quantitative estimate of drug-likeness (QED) is 0.788. The number of methoxy groups -OCH3 is 1. The number of hydrogen-bond acceptors (Lipinski definition) is 2. The number of halogens is 2. The Balaban J connectivity index is 2.03. The van der Waals surface area contributed by atoms with Crippen LogP contribution in [-0.2, 0) is 6.54 Å². The fraction of sp³-hybridized carbons (Fsp3) is 0.538. The molecule has 1 unspecified atom stereocenters. The third-order valence-corrected chi connectivity index (χ3v) is 4.45. The zero-order valence-electron chi connectivity index (χ0n) is 9.96. The summed E-state index contributed by atoms with van der Waals surface area (Å²) < 4.78 is 6.40. The lowest BCUT2D eigenvalue weighted by molar-refractivity contribution is 0.319. The fourth-order valence-corrected chi connectivity index (χ4v) is 2.85. The molecule has 94 valence electrons. The van der Waals surface area contributed by atoms with Crippen molar-refractivity contribution in [1.29, 1.82) is 0 Å². The van der Waals surface area contributed by atoms with E-state index in [0.717, 1.165) is 35.7 Å². The van der Waals surface area contributed by atoms with Crippen LogP contribution in [0.1, 0.15) is 12.0 Å². The normalized spacial score (nSPS) is 20.8. The Hall–Kier alpha value is -0.250. The molecule has 1 aromatic carbocycles.